The average molecular weight is 524 g/mol. The second kappa shape index (κ2) is 11.0. The molecule has 8 heteroatoms. The van der Waals surface area contributed by atoms with E-state index >= 15 is 0 Å². The summed E-state index contributed by atoms with van der Waals surface area (Å²) in [4.78, 5) is 24.6. The van der Waals surface area contributed by atoms with Crippen LogP contribution in [0.15, 0.2) is 66.7 Å². The number of hydrogen-bond acceptors (Lipinski definition) is 6. The Morgan fingerprint density at radius 3 is 2.38 bits per heavy atom. The first kappa shape index (κ1) is 26.8. The van der Waals surface area contributed by atoms with Crippen LogP contribution in [0, 0.1) is 11.3 Å². The number of benzene rings is 3. The molecule has 3 aromatic carbocycles. The van der Waals surface area contributed by atoms with Gasteiger partial charge in [0, 0.05) is 25.5 Å². The number of Topliss-reactive ketones (excluding diaryl/α,β-unsaturated/α-hetero) is 1. The third-order valence-corrected chi connectivity index (χ3v) is 8.22. The van der Waals surface area contributed by atoms with Gasteiger partial charge in [-0.3, -0.25) is 9.59 Å². The normalized spacial score (nSPS) is 17.2. The van der Waals surface area contributed by atoms with Gasteiger partial charge in [0.15, 0.2) is 0 Å². The van der Waals surface area contributed by atoms with E-state index < -0.39 is 16.0 Å². The summed E-state index contributed by atoms with van der Waals surface area (Å²) in [6.45, 7) is 4.18. The number of amides is 1. The van der Waals surface area contributed by atoms with Crippen molar-refractivity contribution in [2.45, 2.75) is 46.0 Å². The third kappa shape index (κ3) is 6.96. The van der Waals surface area contributed by atoms with Gasteiger partial charge < -0.3 is 4.74 Å². The Hall–Kier alpha value is -3.23. The molecule has 196 valence electrons. The van der Waals surface area contributed by atoms with E-state index in [9.17, 15) is 18.0 Å². The lowest BCUT2D eigenvalue weighted by Crippen LogP contribution is -2.31. The van der Waals surface area contributed by atoms with Crippen LogP contribution in [0.3, 0.4) is 0 Å². The van der Waals surface area contributed by atoms with Crippen molar-refractivity contribution in [3.05, 3.63) is 72.3 Å². The molecule has 1 atom stereocenters. The molecule has 1 saturated carbocycles. The van der Waals surface area contributed by atoms with Crippen LogP contribution in [0.25, 0.3) is 10.8 Å². The highest BCUT2D eigenvalue weighted by molar-refractivity contribution is 7.86. The monoisotopic (exact) mass is 523 g/mol. The highest BCUT2D eigenvalue weighted by Crippen LogP contribution is 2.43. The fourth-order valence-electron chi connectivity index (χ4n) is 4.91. The molecule has 0 aromatic heterocycles. The SMILES string of the molecule is CN(OS(=O)(=O)CCCCC1CC(=O)CC1(C)C)C(=O)c1ccc2cc(Oc3ccccc3)ccc2c1. The smallest absolute Gasteiger partial charge is 0.288 e. The molecule has 7 nitrogen and oxygen atoms in total. The van der Waals surface area contributed by atoms with Crippen molar-refractivity contribution in [2.24, 2.45) is 11.3 Å². The van der Waals surface area contributed by atoms with Gasteiger partial charge in [0.1, 0.15) is 17.3 Å². The first-order valence-electron chi connectivity index (χ1n) is 12.5. The molecule has 0 saturated heterocycles. The Labute approximate surface area is 218 Å². The van der Waals surface area contributed by atoms with Gasteiger partial charge in [0.2, 0.25) is 0 Å². The molecule has 3 aromatic rings. The molecule has 37 heavy (non-hydrogen) atoms. The summed E-state index contributed by atoms with van der Waals surface area (Å²) >= 11 is 0. The molecule has 1 fully saturated rings. The number of carbonyl (C=O) groups is 2. The van der Waals surface area contributed by atoms with E-state index in [2.05, 4.69) is 13.8 Å². The zero-order chi connectivity index (χ0) is 26.6. The van der Waals surface area contributed by atoms with Crippen LogP contribution in [-0.2, 0) is 19.2 Å². The lowest BCUT2D eigenvalue weighted by atomic mass is 9.79. The van der Waals surface area contributed by atoms with Gasteiger partial charge in [-0.2, -0.15) is 8.42 Å². The Morgan fingerprint density at radius 1 is 0.973 bits per heavy atom. The van der Waals surface area contributed by atoms with Gasteiger partial charge in [0.25, 0.3) is 16.0 Å². The lowest BCUT2D eigenvalue weighted by Gasteiger charge is -2.25. The van der Waals surface area contributed by atoms with Crippen LogP contribution in [0.5, 0.6) is 11.5 Å². The van der Waals surface area contributed by atoms with Crippen molar-refractivity contribution in [2.75, 3.05) is 12.8 Å². The minimum Gasteiger partial charge on any atom is -0.457 e. The number of unbranched alkanes of at least 4 members (excludes halogenated alkanes) is 1. The molecule has 1 amide bonds. The molecule has 1 unspecified atom stereocenters. The third-order valence-electron chi connectivity index (χ3n) is 6.98. The fraction of sp³-hybridized carbons (Fsp3) is 0.379. The molecular weight excluding hydrogens is 490 g/mol. The second-order valence-corrected chi connectivity index (χ2v) is 12.1. The number of fused-ring (bicyclic) bond motifs is 1. The molecule has 0 bridgehead atoms. The Balaban J connectivity index is 1.31. The molecule has 0 heterocycles. The number of rotatable bonds is 10. The maximum Gasteiger partial charge on any atom is 0.288 e. The number of ether oxygens (including phenoxy) is 1. The largest absolute Gasteiger partial charge is 0.457 e. The summed E-state index contributed by atoms with van der Waals surface area (Å²) in [7, 11) is -2.63. The molecule has 0 radical (unpaired) electrons. The van der Waals surface area contributed by atoms with E-state index in [1.807, 2.05) is 48.5 Å². The zero-order valence-electron chi connectivity index (χ0n) is 21.5. The van der Waals surface area contributed by atoms with Crippen LogP contribution >= 0.6 is 0 Å². The van der Waals surface area contributed by atoms with Crippen molar-refractivity contribution in [3.63, 3.8) is 0 Å². The van der Waals surface area contributed by atoms with E-state index in [-0.39, 0.29) is 22.9 Å². The lowest BCUT2D eigenvalue weighted by molar-refractivity contribution is -0.118. The van der Waals surface area contributed by atoms with Gasteiger partial charge in [-0.25, -0.2) is 5.06 Å². The van der Waals surface area contributed by atoms with E-state index in [0.29, 0.717) is 37.0 Å². The highest BCUT2D eigenvalue weighted by atomic mass is 32.2. The Morgan fingerprint density at radius 2 is 1.68 bits per heavy atom. The predicted molar refractivity (Wildman–Crippen MR) is 143 cm³/mol. The zero-order valence-corrected chi connectivity index (χ0v) is 22.3. The van der Waals surface area contributed by atoms with E-state index in [4.69, 9.17) is 9.02 Å². The summed E-state index contributed by atoms with van der Waals surface area (Å²) in [5.41, 5.74) is 0.283. The average Bonchev–Trinajstić information content (AvgIpc) is 3.12. The molecule has 0 spiro atoms. The van der Waals surface area contributed by atoms with Gasteiger partial charge in [-0.1, -0.05) is 50.6 Å². The fourth-order valence-corrected chi connectivity index (χ4v) is 5.95. The maximum atomic E-state index is 12.9. The van der Waals surface area contributed by atoms with Crippen LogP contribution in [0.4, 0.5) is 0 Å². The summed E-state index contributed by atoms with van der Waals surface area (Å²) in [6, 6.07) is 20.1. The number of para-hydroxylation sites is 1. The topological polar surface area (TPSA) is 90.0 Å². The van der Waals surface area contributed by atoms with Crippen LogP contribution in [-0.4, -0.2) is 38.0 Å². The quantitative estimate of drug-likeness (QED) is 0.234. The molecule has 0 N–H and O–H groups in total. The van der Waals surface area contributed by atoms with Crippen molar-refractivity contribution < 1.29 is 27.0 Å². The van der Waals surface area contributed by atoms with E-state index in [0.717, 1.165) is 28.0 Å². The van der Waals surface area contributed by atoms with E-state index in [1.54, 1.807) is 18.2 Å². The summed E-state index contributed by atoms with van der Waals surface area (Å²) in [5.74, 6) is 1.22. The van der Waals surface area contributed by atoms with Gasteiger partial charge in [0.05, 0.1) is 5.75 Å². The molecule has 4 rings (SSSR count). The number of carbonyl (C=O) groups excluding carboxylic acids is 2. The Kier molecular flexibility index (Phi) is 7.99. The number of nitrogens with zero attached hydrogens (tertiary/aromatic N) is 1. The number of ketones is 1. The maximum absolute atomic E-state index is 12.9. The standard InChI is InChI=1S/C29H33NO6S/c1-29(2)20-25(31)19-24(29)9-7-8-16-37(33,34)36-30(3)28(32)23-13-12-22-18-27(15-14-21(22)17-23)35-26-10-5-4-6-11-26/h4-6,10-15,17-18,24H,7-9,16,19-20H2,1-3H3. The highest BCUT2D eigenvalue weighted by Gasteiger charge is 2.38. The van der Waals surface area contributed by atoms with Crippen LogP contribution < -0.4 is 4.74 Å². The second-order valence-electron chi connectivity index (χ2n) is 10.4. The number of hydroxylamine groups is 2. The van der Waals surface area contributed by atoms with Crippen molar-refractivity contribution >= 4 is 32.6 Å². The first-order valence-corrected chi connectivity index (χ1v) is 14.1. The minimum atomic E-state index is -3.93. The summed E-state index contributed by atoms with van der Waals surface area (Å²) in [6.07, 6.45) is 3.05. The van der Waals surface area contributed by atoms with Gasteiger partial charge >= 0.3 is 0 Å². The molecule has 0 aliphatic heterocycles. The Bertz CT molecular complexity index is 1380. The van der Waals surface area contributed by atoms with E-state index in [1.165, 1.54) is 7.05 Å². The molecule has 1 aliphatic carbocycles. The first-order chi connectivity index (χ1) is 17.5. The summed E-state index contributed by atoms with van der Waals surface area (Å²) in [5, 5.41) is 2.46. The van der Waals surface area contributed by atoms with Crippen molar-refractivity contribution in [1.82, 2.24) is 5.06 Å². The minimum absolute atomic E-state index is 0.0323. The predicted octanol–water partition coefficient (Wildman–Crippen LogP) is 6.14. The number of hydrogen-bond donors (Lipinski definition) is 0. The molecular formula is C29H33NO6S. The summed E-state index contributed by atoms with van der Waals surface area (Å²) < 4.78 is 35.9. The molecule has 1 aliphatic rings. The van der Waals surface area contributed by atoms with Crippen LogP contribution in [0.2, 0.25) is 0 Å². The van der Waals surface area contributed by atoms with Crippen LogP contribution in [0.1, 0.15) is 56.3 Å². The van der Waals surface area contributed by atoms with Gasteiger partial charge in [-0.15, -0.1) is 4.28 Å². The van der Waals surface area contributed by atoms with Crippen molar-refractivity contribution in [1.29, 1.82) is 0 Å². The van der Waals surface area contributed by atoms with Gasteiger partial charge in [-0.05, 0) is 71.3 Å². The van der Waals surface area contributed by atoms with Crippen molar-refractivity contribution in [3.8, 4) is 11.5 Å².